The summed E-state index contributed by atoms with van der Waals surface area (Å²) in [5.74, 6) is 0.801. The minimum atomic E-state index is 0.196. The number of benzene rings is 1. The number of nitrogens with one attached hydrogen (secondary N) is 1. The number of hydrogen-bond acceptors (Lipinski definition) is 5. The summed E-state index contributed by atoms with van der Waals surface area (Å²) in [6.07, 6.45) is 1.71. The molecule has 1 unspecified atom stereocenters. The minimum Gasteiger partial charge on any atom is -0.301 e. The van der Waals surface area contributed by atoms with Gasteiger partial charge >= 0.3 is 0 Å². The van der Waals surface area contributed by atoms with Crippen LogP contribution < -0.4 is 5.32 Å². The summed E-state index contributed by atoms with van der Waals surface area (Å²) in [6.45, 7) is 2.76. The van der Waals surface area contributed by atoms with Gasteiger partial charge in [-0.2, -0.15) is 5.10 Å². The van der Waals surface area contributed by atoms with Crippen LogP contribution in [0.3, 0.4) is 0 Å². The Labute approximate surface area is 115 Å². The molecule has 1 atom stereocenters. The molecule has 0 aliphatic carbocycles. The maximum atomic E-state index is 4.64. The summed E-state index contributed by atoms with van der Waals surface area (Å²) in [7, 11) is 1.87. The fraction of sp³-hybridized carbons (Fsp3) is 0.308. The second kappa shape index (κ2) is 5.07. The highest BCUT2D eigenvalue weighted by Crippen LogP contribution is 2.25. The average Bonchev–Trinajstić information content (AvgIpc) is 3.01. The van der Waals surface area contributed by atoms with Gasteiger partial charge in [0.05, 0.1) is 22.8 Å². The number of fused-ring (bicyclic) bond motifs is 1. The topological polar surface area (TPSA) is 55.6 Å². The molecule has 6 heteroatoms. The summed E-state index contributed by atoms with van der Waals surface area (Å²) in [5, 5.41) is 8.74. The molecule has 0 fully saturated rings. The Hall–Kier alpha value is -1.79. The fourth-order valence-corrected chi connectivity index (χ4v) is 2.87. The third-order valence-electron chi connectivity index (χ3n) is 2.89. The van der Waals surface area contributed by atoms with Crippen LogP contribution in [-0.2, 0) is 13.6 Å². The van der Waals surface area contributed by atoms with E-state index in [1.54, 1.807) is 22.3 Å². The van der Waals surface area contributed by atoms with Gasteiger partial charge in [0.15, 0.2) is 5.82 Å². The lowest BCUT2D eigenvalue weighted by molar-refractivity contribution is 0.554. The standard InChI is InChI=1S/C13H15N5S/c1-9(14-7-12-15-8-18(2)17-12)13-16-10-5-3-4-6-11(10)19-13/h3-6,8-9,14H,7H2,1-2H3. The highest BCUT2D eigenvalue weighted by molar-refractivity contribution is 7.18. The van der Waals surface area contributed by atoms with Crippen molar-refractivity contribution in [3.05, 3.63) is 41.4 Å². The van der Waals surface area contributed by atoms with E-state index in [0.717, 1.165) is 16.3 Å². The first-order valence-electron chi connectivity index (χ1n) is 6.16. The Bertz CT molecular complexity index is 654. The van der Waals surface area contributed by atoms with Gasteiger partial charge in [0.1, 0.15) is 11.3 Å². The Morgan fingerprint density at radius 1 is 1.37 bits per heavy atom. The van der Waals surface area contributed by atoms with E-state index in [2.05, 4.69) is 33.4 Å². The van der Waals surface area contributed by atoms with Crippen molar-refractivity contribution in [2.75, 3.05) is 0 Å². The van der Waals surface area contributed by atoms with Gasteiger partial charge in [0.2, 0.25) is 0 Å². The lowest BCUT2D eigenvalue weighted by Gasteiger charge is -2.08. The molecular formula is C13H15N5S. The molecule has 0 aliphatic heterocycles. The van der Waals surface area contributed by atoms with E-state index in [9.17, 15) is 0 Å². The van der Waals surface area contributed by atoms with E-state index in [1.807, 2.05) is 25.2 Å². The van der Waals surface area contributed by atoms with Gasteiger partial charge < -0.3 is 5.32 Å². The second-order valence-electron chi connectivity index (χ2n) is 4.46. The van der Waals surface area contributed by atoms with Crippen LogP contribution in [0, 0.1) is 0 Å². The summed E-state index contributed by atoms with van der Waals surface area (Å²) in [5.41, 5.74) is 1.06. The molecule has 19 heavy (non-hydrogen) atoms. The van der Waals surface area contributed by atoms with Crippen LogP contribution in [0.25, 0.3) is 10.2 Å². The summed E-state index contributed by atoms with van der Waals surface area (Å²) >= 11 is 1.73. The number of aromatic nitrogens is 4. The Morgan fingerprint density at radius 2 is 2.21 bits per heavy atom. The average molecular weight is 273 g/mol. The third-order valence-corrected chi connectivity index (χ3v) is 4.11. The Balaban J connectivity index is 1.71. The van der Waals surface area contributed by atoms with E-state index in [1.165, 1.54) is 4.70 Å². The molecule has 0 aliphatic rings. The van der Waals surface area contributed by atoms with Crippen molar-refractivity contribution < 1.29 is 0 Å². The van der Waals surface area contributed by atoms with Crippen LogP contribution in [0.1, 0.15) is 23.8 Å². The van der Waals surface area contributed by atoms with E-state index in [0.29, 0.717) is 6.54 Å². The molecule has 0 amide bonds. The zero-order valence-corrected chi connectivity index (χ0v) is 11.7. The molecule has 1 aromatic carbocycles. The number of para-hydroxylation sites is 1. The largest absolute Gasteiger partial charge is 0.301 e. The lowest BCUT2D eigenvalue weighted by Crippen LogP contribution is -2.18. The van der Waals surface area contributed by atoms with Crippen molar-refractivity contribution in [1.82, 2.24) is 25.1 Å². The maximum Gasteiger partial charge on any atom is 0.164 e. The van der Waals surface area contributed by atoms with Gasteiger partial charge in [-0.1, -0.05) is 12.1 Å². The van der Waals surface area contributed by atoms with Crippen LogP contribution >= 0.6 is 11.3 Å². The molecule has 5 nitrogen and oxygen atoms in total. The molecule has 3 aromatic rings. The molecule has 2 heterocycles. The Kier molecular flexibility index (Phi) is 3.27. The highest BCUT2D eigenvalue weighted by atomic mass is 32.1. The number of aryl methyl sites for hydroxylation is 1. The quantitative estimate of drug-likeness (QED) is 0.792. The predicted molar refractivity (Wildman–Crippen MR) is 75.9 cm³/mol. The monoisotopic (exact) mass is 273 g/mol. The summed E-state index contributed by atoms with van der Waals surface area (Å²) < 4.78 is 2.93. The Morgan fingerprint density at radius 3 is 2.95 bits per heavy atom. The molecule has 0 spiro atoms. The van der Waals surface area contributed by atoms with E-state index < -0.39 is 0 Å². The van der Waals surface area contributed by atoms with Gasteiger partial charge in [0, 0.05) is 7.05 Å². The van der Waals surface area contributed by atoms with Crippen LogP contribution in [0.15, 0.2) is 30.6 Å². The van der Waals surface area contributed by atoms with Gasteiger partial charge in [-0.15, -0.1) is 11.3 Å². The first-order chi connectivity index (χ1) is 9.22. The molecule has 3 rings (SSSR count). The van der Waals surface area contributed by atoms with Crippen molar-refractivity contribution in [2.24, 2.45) is 7.05 Å². The molecule has 0 saturated carbocycles. The zero-order chi connectivity index (χ0) is 13.2. The minimum absolute atomic E-state index is 0.196. The summed E-state index contributed by atoms with van der Waals surface area (Å²) in [4.78, 5) is 8.84. The van der Waals surface area contributed by atoms with Crippen molar-refractivity contribution in [1.29, 1.82) is 0 Å². The van der Waals surface area contributed by atoms with Crippen LogP contribution in [0.5, 0.6) is 0 Å². The first kappa shape index (κ1) is 12.3. The molecule has 0 bridgehead atoms. The number of rotatable bonds is 4. The second-order valence-corrected chi connectivity index (χ2v) is 5.52. The van der Waals surface area contributed by atoms with Crippen molar-refractivity contribution in [3.8, 4) is 0 Å². The van der Waals surface area contributed by atoms with Crippen LogP contribution in [0.2, 0.25) is 0 Å². The van der Waals surface area contributed by atoms with Gasteiger partial charge in [-0.3, -0.25) is 4.68 Å². The molecule has 98 valence electrons. The molecule has 2 aromatic heterocycles. The zero-order valence-electron chi connectivity index (χ0n) is 10.9. The molecular weight excluding hydrogens is 258 g/mol. The van der Waals surface area contributed by atoms with Crippen LogP contribution in [0.4, 0.5) is 0 Å². The number of nitrogens with zero attached hydrogens (tertiary/aromatic N) is 4. The third kappa shape index (κ3) is 2.64. The van der Waals surface area contributed by atoms with Gasteiger partial charge in [-0.05, 0) is 19.1 Å². The SMILES string of the molecule is CC(NCc1ncn(C)n1)c1nc2ccccc2s1. The number of hydrogen-bond donors (Lipinski definition) is 1. The number of thiazole rings is 1. The fourth-order valence-electron chi connectivity index (χ4n) is 1.87. The maximum absolute atomic E-state index is 4.64. The van der Waals surface area contributed by atoms with Crippen molar-refractivity contribution in [2.45, 2.75) is 19.5 Å². The molecule has 0 saturated heterocycles. The smallest absolute Gasteiger partial charge is 0.164 e. The van der Waals surface area contributed by atoms with Gasteiger partial charge in [0.25, 0.3) is 0 Å². The molecule has 0 radical (unpaired) electrons. The van der Waals surface area contributed by atoms with Crippen molar-refractivity contribution >= 4 is 21.6 Å². The van der Waals surface area contributed by atoms with E-state index in [4.69, 9.17) is 0 Å². The predicted octanol–water partition coefficient (Wildman–Crippen LogP) is 2.28. The van der Waals surface area contributed by atoms with E-state index in [-0.39, 0.29) is 6.04 Å². The highest BCUT2D eigenvalue weighted by Gasteiger charge is 2.11. The van der Waals surface area contributed by atoms with Crippen LogP contribution in [-0.4, -0.2) is 19.7 Å². The van der Waals surface area contributed by atoms with E-state index >= 15 is 0 Å². The first-order valence-corrected chi connectivity index (χ1v) is 6.97. The van der Waals surface area contributed by atoms with Gasteiger partial charge in [-0.25, -0.2) is 9.97 Å². The van der Waals surface area contributed by atoms with Crippen molar-refractivity contribution in [3.63, 3.8) is 0 Å². The summed E-state index contributed by atoms with van der Waals surface area (Å²) in [6, 6.07) is 8.40. The normalized spacial score (nSPS) is 12.9. The lowest BCUT2D eigenvalue weighted by atomic mass is 10.3. The molecule has 1 N–H and O–H groups in total.